The molecule has 6 aromatic rings. The molecule has 0 N–H and O–H groups in total. The van der Waals surface area contributed by atoms with Gasteiger partial charge in [0.1, 0.15) is 30.9 Å². The van der Waals surface area contributed by atoms with E-state index in [0.717, 1.165) is 136 Å². The number of carbonyl (C=O) groups is 2. The minimum atomic E-state index is -0.509. The van der Waals surface area contributed by atoms with Gasteiger partial charge in [-0.2, -0.15) is 19.9 Å². The second-order valence-electron chi connectivity index (χ2n) is 22.5. The maximum absolute atomic E-state index is 12.5. The van der Waals surface area contributed by atoms with Crippen LogP contribution in [0.2, 0.25) is 10.0 Å². The summed E-state index contributed by atoms with van der Waals surface area (Å²) in [5, 5.41) is 5.14. The van der Waals surface area contributed by atoms with Crippen molar-refractivity contribution in [3.05, 3.63) is 165 Å². The molecule has 444 valence electrons. The van der Waals surface area contributed by atoms with E-state index in [0.29, 0.717) is 100 Å². The molecule has 8 heterocycles. The summed E-state index contributed by atoms with van der Waals surface area (Å²) in [6, 6.07) is 25.6. The van der Waals surface area contributed by atoms with Crippen LogP contribution in [0.25, 0.3) is 31.2 Å². The summed E-state index contributed by atoms with van der Waals surface area (Å²) < 4.78 is 25.5. The lowest BCUT2D eigenvalue weighted by Crippen LogP contribution is -2.56. The van der Waals surface area contributed by atoms with Crippen molar-refractivity contribution >= 4 is 79.1 Å². The third-order valence-electron chi connectivity index (χ3n) is 17.2. The largest absolute Gasteiger partial charge is 0.462 e. The average molecular weight is 1210 g/mol. The number of likely N-dealkylation sites (tertiary alicyclic amines) is 2. The maximum Gasteiger partial charge on any atom is 0.318 e. The van der Waals surface area contributed by atoms with E-state index in [-0.39, 0.29) is 30.7 Å². The molecule has 0 aliphatic carbocycles. The fourth-order valence-electron chi connectivity index (χ4n) is 12.7. The first-order valence-corrected chi connectivity index (χ1v) is 30.4. The molecule has 17 nitrogen and oxygen atoms in total. The van der Waals surface area contributed by atoms with Gasteiger partial charge in [-0.15, -0.1) is 0 Å². The van der Waals surface area contributed by atoms with Crippen LogP contribution in [0.3, 0.4) is 0 Å². The van der Waals surface area contributed by atoms with E-state index in [1.165, 1.54) is 12.5 Å². The summed E-state index contributed by atoms with van der Waals surface area (Å²) >= 11 is 18.0. The Morgan fingerprint density at radius 2 is 1.12 bits per heavy atom. The molecule has 4 saturated heterocycles. The number of amides is 1. The zero-order valence-corrected chi connectivity index (χ0v) is 50.6. The molecule has 1 amide bonds. The van der Waals surface area contributed by atoms with Gasteiger partial charge in [0.15, 0.2) is 0 Å². The molecule has 85 heavy (non-hydrogen) atoms. The van der Waals surface area contributed by atoms with Gasteiger partial charge in [-0.25, -0.2) is 13.1 Å². The molecule has 12 rings (SSSR count). The molecule has 6 aliphatic heterocycles. The van der Waals surface area contributed by atoms with Crippen LogP contribution in [0.1, 0.15) is 84.4 Å². The van der Waals surface area contributed by atoms with Gasteiger partial charge in [-0.05, 0) is 123 Å². The summed E-state index contributed by atoms with van der Waals surface area (Å²) in [7, 11) is 4.28. The van der Waals surface area contributed by atoms with Crippen molar-refractivity contribution in [3.8, 4) is 12.0 Å². The first kappa shape index (κ1) is 61.2. The number of nitrogens with zero attached hydrogens (tertiary/aromatic N) is 11. The van der Waals surface area contributed by atoms with Crippen LogP contribution < -0.4 is 19.3 Å². The van der Waals surface area contributed by atoms with Crippen LogP contribution >= 0.6 is 34.8 Å². The van der Waals surface area contributed by atoms with Crippen LogP contribution in [-0.4, -0.2) is 150 Å². The molecule has 0 bridgehead atoms. The van der Waals surface area contributed by atoms with Gasteiger partial charge in [0.25, 0.3) is 0 Å². The SMILES string of the molecule is C=CC(=O)Cl.[C-]#[N+]C[C@@H]1CCCN(c2nc(OC[C@H]3CCCN3C)nc3c2COC(c2cccc4cccc(Cl)c24)C3)C1.[C-]#[N+]C[C@H]1CN(c2nc(OC[C@H]3CCCN3C)nc3c2COC(c2cccc4cccc(Cl)c24)C3)CCN1C(=O)C=C. The average Bonchev–Trinajstić information content (AvgIpc) is 2.58. The Balaban J connectivity index is 0.000000176. The number of fused-ring (bicyclic) bond motifs is 4. The molecule has 2 aromatic heterocycles. The number of piperazine rings is 1. The van der Waals surface area contributed by atoms with Crippen molar-refractivity contribution in [1.82, 2.24) is 34.6 Å². The highest BCUT2D eigenvalue weighted by Gasteiger charge is 2.37. The maximum atomic E-state index is 12.5. The van der Waals surface area contributed by atoms with Gasteiger partial charge in [0, 0.05) is 95.5 Å². The normalized spacial score (nSPS) is 22.2. The molecule has 4 aromatic carbocycles. The van der Waals surface area contributed by atoms with Crippen molar-refractivity contribution in [3.63, 3.8) is 0 Å². The van der Waals surface area contributed by atoms with Crippen LogP contribution in [0.15, 0.2) is 98.1 Å². The predicted molar refractivity (Wildman–Crippen MR) is 334 cm³/mol. The fraction of sp³-hybridized carbons (Fsp3) is 0.446. The van der Waals surface area contributed by atoms with E-state index in [2.05, 4.69) is 99.0 Å². The lowest BCUT2D eigenvalue weighted by Gasteiger charge is -2.40. The van der Waals surface area contributed by atoms with Crippen molar-refractivity contribution < 1.29 is 28.5 Å². The van der Waals surface area contributed by atoms with Crippen LogP contribution in [0.4, 0.5) is 11.6 Å². The minimum absolute atomic E-state index is 0.154. The molecule has 0 radical (unpaired) electrons. The van der Waals surface area contributed by atoms with Gasteiger partial charge in [-0.3, -0.25) is 9.59 Å². The summed E-state index contributed by atoms with van der Waals surface area (Å²) in [6.45, 7) is 29.7. The Morgan fingerprint density at radius 3 is 1.58 bits per heavy atom. The zero-order chi connectivity index (χ0) is 59.6. The lowest BCUT2D eigenvalue weighted by molar-refractivity contribution is -0.128. The number of allylic oxidation sites excluding steroid dienone is 1. The summed E-state index contributed by atoms with van der Waals surface area (Å²) in [5.41, 5.74) is 5.96. The molecule has 2 unspecified atom stereocenters. The number of halogens is 3. The quantitative estimate of drug-likeness (QED) is 0.0579. The number of hydrogen-bond acceptors (Lipinski definition) is 14. The lowest BCUT2D eigenvalue weighted by atomic mass is 9.94. The first-order valence-electron chi connectivity index (χ1n) is 29.3. The van der Waals surface area contributed by atoms with E-state index in [1.54, 1.807) is 4.90 Å². The molecule has 0 spiro atoms. The number of piperidine rings is 1. The number of benzene rings is 4. The van der Waals surface area contributed by atoms with E-state index in [1.807, 2.05) is 30.3 Å². The number of likely N-dealkylation sites (N-methyl/N-ethyl adjacent to an activating group) is 2. The van der Waals surface area contributed by atoms with E-state index < -0.39 is 5.24 Å². The number of aromatic nitrogens is 4. The number of rotatable bonds is 14. The molecule has 6 aliphatic rings. The van der Waals surface area contributed by atoms with Crippen LogP contribution in [-0.2, 0) is 45.1 Å². The van der Waals surface area contributed by atoms with Crippen LogP contribution in [0.5, 0.6) is 12.0 Å². The molecule has 20 heteroatoms. The van der Waals surface area contributed by atoms with Gasteiger partial charge in [0.2, 0.25) is 24.2 Å². The Morgan fingerprint density at radius 1 is 0.635 bits per heavy atom. The molecular formula is C65H72Cl3N11O6. The first-order chi connectivity index (χ1) is 41.3. The van der Waals surface area contributed by atoms with E-state index >= 15 is 0 Å². The molecular weight excluding hydrogens is 1140 g/mol. The Kier molecular flexibility index (Phi) is 20.5. The fourth-order valence-corrected chi connectivity index (χ4v) is 13.3. The smallest absolute Gasteiger partial charge is 0.318 e. The predicted octanol–water partition coefficient (Wildman–Crippen LogP) is 11.3. The second kappa shape index (κ2) is 28.5. The molecule has 4 fully saturated rings. The number of hydrogen-bond donors (Lipinski definition) is 0. The highest BCUT2D eigenvalue weighted by atomic mass is 35.5. The Bertz CT molecular complexity index is 3490. The highest BCUT2D eigenvalue weighted by molar-refractivity contribution is 6.66. The van der Waals surface area contributed by atoms with Crippen molar-refractivity contribution in [2.45, 2.75) is 94.9 Å². The van der Waals surface area contributed by atoms with Crippen molar-refractivity contribution in [2.75, 3.05) is 96.0 Å². The van der Waals surface area contributed by atoms with E-state index in [4.69, 9.17) is 86.8 Å². The van der Waals surface area contributed by atoms with Crippen molar-refractivity contribution in [1.29, 1.82) is 0 Å². The van der Waals surface area contributed by atoms with Gasteiger partial charge >= 0.3 is 12.0 Å². The monoisotopic (exact) mass is 1210 g/mol. The van der Waals surface area contributed by atoms with E-state index in [9.17, 15) is 9.59 Å². The van der Waals surface area contributed by atoms with Crippen LogP contribution in [0, 0.1) is 19.1 Å². The summed E-state index contributed by atoms with van der Waals surface area (Å²) in [4.78, 5) is 59.9. The number of carbonyl (C=O) groups excluding carboxylic acids is 2. The van der Waals surface area contributed by atoms with Gasteiger partial charge < -0.3 is 53.1 Å². The topological polar surface area (TPSA) is 148 Å². The third-order valence-corrected chi connectivity index (χ3v) is 18.0. The molecule has 0 saturated carbocycles. The summed E-state index contributed by atoms with van der Waals surface area (Å²) in [5.74, 6) is 1.87. The van der Waals surface area contributed by atoms with Crippen molar-refractivity contribution in [2.24, 2.45) is 5.92 Å². The minimum Gasteiger partial charge on any atom is -0.462 e. The number of anilines is 2. The zero-order valence-electron chi connectivity index (χ0n) is 48.3. The third kappa shape index (κ3) is 14.3. The second-order valence-corrected chi connectivity index (χ2v) is 23.7. The summed E-state index contributed by atoms with van der Waals surface area (Å²) in [6.07, 6.45) is 9.88. The number of ether oxygens (including phenoxy) is 4. The Hall–Kier alpha value is -6.93. The molecule has 6 atom stereocenters. The van der Waals surface area contributed by atoms with Gasteiger partial charge in [0.05, 0.1) is 36.8 Å². The standard InChI is InChI=1S/C32H35ClN6O3.C30H34ClN5O2.C3H3ClO/c1-4-29(40)39-15-14-38(18-23(39)17-34-2)31-25-20-41-28(24-11-5-8-21-9-6-12-26(33)30(21)24)16-27(25)35-32(36-31)42-19-22-10-7-13-37(22)3;1-32-16-20-7-5-14-36(17-20)29-24-19-37-27(23-11-3-8-21-9-4-12-25(31)28(21)23)15-26(24)33-30(34-29)38-18-22-10-6-13-35(22)2;1-2-3(4)5/h4-6,8-9,11-12,22-23,28H,1,7,10,13-20H2,3H3;3-4,8-9,11-12,20,22,27H,5-7,10,13-19H2,2H3;2H,1H2/t22-,23+,28?;20-,22+,27?;/m10./s1. The van der Waals surface area contributed by atoms with Gasteiger partial charge in [-0.1, -0.05) is 97.0 Å². The highest BCUT2D eigenvalue weighted by Crippen LogP contribution is 2.42. The Labute approximate surface area is 513 Å².